The van der Waals surface area contributed by atoms with E-state index in [1.165, 1.54) is 12.8 Å². The van der Waals surface area contributed by atoms with E-state index in [1.807, 2.05) is 0 Å². The Kier molecular flexibility index (Phi) is 4.39. The van der Waals surface area contributed by atoms with Gasteiger partial charge in [-0.3, -0.25) is 4.79 Å². The fraction of sp³-hybridized carbons (Fsp3) is 0.800. The highest BCUT2D eigenvalue weighted by molar-refractivity contribution is 5.74. The number of rotatable bonds is 6. The van der Waals surface area contributed by atoms with Gasteiger partial charge in [-0.2, -0.15) is 0 Å². The molecule has 2 amide bonds. The second-order valence-corrected chi connectivity index (χ2v) is 4.11. The van der Waals surface area contributed by atoms with E-state index in [1.54, 1.807) is 6.92 Å². The number of carbonyl (C=O) groups excluding carboxylic acids is 1. The molecule has 0 aromatic heterocycles. The molecule has 3 N–H and O–H groups in total. The van der Waals surface area contributed by atoms with Crippen molar-refractivity contribution in [2.75, 3.05) is 13.1 Å². The van der Waals surface area contributed by atoms with Crippen LogP contribution in [0.5, 0.6) is 0 Å². The third-order valence-electron chi connectivity index (χ3n) is 2.53. The first-order valence-corrected chi connectivity index (χ1v) is 5.34. The second kappa shape index (κ2) is 5.58. The summed E-state index contributed by atoms with van der Waals surface area (Å²) in [6.45, 7) is 2.77. The number of hydrogen-bond donors (Lipinski definition) is 3. The van der Waals surface area contributed by atoms with Gasteiger partial charge in [0.05, 0.1) is 5.92 Å². The van der Waals surface area contributed by atoms with Crippen LogP contribution in [-0.2, 0) is 4.79 Å². The van der Waals surface area contributed by atoms with E-state index in [-0.39, 0.29) is 6.03 Å². The predicted molar refractivity (Wildman–Crippen MR) is 55.5 cm³/mol. The van der Waals surface area contributed by atoms with Crippen molar-refractivity contribution in [1.82, 2.24) is 10.6 Å². The van der Waals surface area contributed by atoms with E-state index in [0.29, 0.717) is 18.9 Å². The predicted octanol–water partition coefficient (Wildman–Crippen LogP) is 0.806. The molecule has 0 bridgehead atoms. The number of carboxylic acids is 1. The Morgan fingerprint density at radius 1 is 1.40 bits per heavy atom. The van der Waals surface area contributed by atoms with Crippen molar-refractivity contribution < 1.29 is 14.7 Å². The van der Waals surface area contributed by atoms with Crippen molar-refractivity contribution >= 4 is 12.0 Å². The molecule has 0 spiro atoms. The maximum absolute atomic E-state index is 11.2. The number of carbonyl (C=O) groups is 2. The van der Waals surface area contributed by atoms with E-state index in [9.17, 15) is 9.59 Å². The summed E-state index contributed by atoms with van der Waals surface area (Å²) in [6.07, 6.45) is 2.87. The lowest BCUT2D eigenvalue weighted by Gasteiger charge is -2.08. The lowest BCUT2D eigenvalue weighted by molar-refractivity contribution is -0.141. The molecule has 1 aliphatic carbocycles. The highest BCUT2D eigenvalue weighted by Gasteiger charge is 2.21. The molecule has 0 saturated heterocycles. The summed E-state index contributed by atoms with van der Waals surface area (Å²) in [6, 6.07) is -0.195. The molecule has 0 aromatic carbocycles. The molecule has 86 valence electrons. The number of carboxylic acid groups (broad SMARTS) is 1. The van der Waals surface area contributed by atoms with E-state index in [4.69, 9.17) is 5.11 Å². The number of amides is 2. The zero-order chi connectivity index (χ0) is 11.3. The first-order chi connectivity index (χ1) is 7.09. The lowest BCUT2D eigenvalue weighted by atomic mass is 10.1. The Balaban J connectivity index is 1.98. The van der Waals surface area contributed by atoms with Crippen LogP contribution in [0.4, 0.5) is 4.79 Å². The molecule has 0 radical (unpaired) electrons. The fourth-order valence-electron chi connectivity index (χ4n) is 1.15. The van der Waals surface area contributed by atoms with Gasteiger partial charge in [-0.15, -0.1) is 0 Å². The van der Waals surface area contributed by atoms with Gasteiger partial charge < -0.3 is 15.7 Å². The summed E-state index contributed by atoms with van der Waals surface area (Å²) >= 11 is 0. The van der Waals surface area contributed by atoms with E-state index in [0.717, 1.165) is 6.54 Å². The van der Waals surface area contributed by atoms with Gasteiger partial charge in [0.15, 0.2) is 0 Å². The highest BCUT2D eigenvalue weighted by Crippen LogP contribution is 2.27. The highest BCUT2D eigenvalue weighted by atomic mass is 16.4. The smallest absolute Gasteiger partial charge is 0.314 e. The number of hydrogen-bond acceptors (Lipinski definition) is 2. The summed E-state index contributed by atoms with van der Waals surface area (Å²) in [5, 5.41) is 14.0. The molecule has 1 saturated carbocycles. The lowest BCUT2D eigenvalue weighted by Crippen LogP contribution is -2.37. The van der Waals surface area contributed by atoms with E-state index in [2.05, 4.69) is 10.6 Å². The Morgan fingerprint density at radius 3 is 2.60 bits per heavy atom. The van der Waals surface area contributed by atoms with Crippen LogP contribution in [-0.4, -0.2) is 30.2 Å². The molecule has 0 heterocycles. The molecule has 0 aromatic rings. The van der Waals surface area contributed by atoms with Crippen molar-refractivity contribution in [2.24, 2.45) is 11.8 Å². The molecular weight excluding hydrogens is 196 g/mol. The minimum Gasteiger partial charge on any atom is -0.481 e. The topological polar surface area (TPSA) is 78.4 Å². The quantitative estimate of drug-likeness (QED) is 0.612. The van der Waals surface area contributed by atoms with Crippen LogP contribution in [0.1, 0.15) is 26.2 Å². The van der Waals surface area contributed by atoms with Gasteiger partial charge >= 0.3 is 12.0 Å². The standard InChI is InChI=1S/C10H18N2O3/c1-7(9(13)14)4-5-11-10(15)12-6-8-2-3-8/h7-8H,2-6H2,1H3,(H,13,14)(H2,11,12,15). The third kappa shape index (κ3) is 5.24. The summed E-state index contributed by atoms with van der Waals surface area (Å²) < 4.78 is 0. The van der Waals surface area contributed by atoms with Gasteiger partial charge in [-0.25, -0.2) is 4.79 Å². The van der Waals surface area contributed by atoms with Gasteiger partial charge in [0.25, 0.3) is 0 Å². The van der Waals surface area contributed by atoms with Crippen molar-refractivity contribution in [3.8, 4) is 0 Å². The summed E-state index contributed by atoms with van der Waals surface area (Å²) in [5.74, 6) is -0.572. The average molecular weight is 214 g/mol. The van der Waals surface area contributed by atoms with Gasteiger partial charge in [-0.1, -0.05) is 6.92 Å². The molecule has 1 aliphatic rings. The van der Waals surface area contributed by atoms with Crippen molar-refractivity contribution in [3.63, 3.8) is 0 Å². The zero-order valence-corrected chi connectivity index (χ0v) is 8.95. The van der Waals surface area contributed by atoms with E-state index >= 15 is 0 Å². The molecule has 1 unspecified atom stereocenters. The van der Waals surface area contributed by atoms with Crippen LogP contribution < -0.4 is 10.6 Å². The van der Waals surface area contributed by atoms with Crippen molar-refractivity contribution in [1.29, 1.82) is 0 Å². The van der Waals surface area contributed by atoms with E-state index < -0.39 is 11.9 Å². The normalized spacial score (nSPS) is 16.9. The van der Waals surface area contributed by atoms with Gasteiger partial charge in [0.2, 0.25) is 0 Å². The molecule has 1 fully saturated rings. The molecule has 5 heteroatoms. The third-order valence-corrected chi connectivity index (χ3v) is 2.53. The first-order valence-electron chi connectivity index (χ1n) is 5.34. The molecule has 1 atom stereocenters. The van der Waals surface area contributed by atoms with Crippen LogP contribution in [0, 0.1) is 11.8 Å². The van der Waals surface area contributed by atoms with Crippen LogP contribution in [0.2, 0.25) is 0 Å². The van der Waals surface area contributed by atoms with Crippen LogP contribution >= 0.6 is 0 Å². The maximum atomic E-state index is 11.2. The number of nitrogens with one attached hydrogen (secondary N) is 2. The zero-order valence-electron chi connectivity index (χ0n) is 8.95. The summed E-state index contributed by atoms with van der Waals surface area (Å²) in [5.41, 5.74) is 0. The molecule has 0 aliphatic heterocycles. The minimum absolute atomic E-state index is 0.195. The summed E-state index contributed by atoms with van der Waals surface area (Å²) in [7, 11) is 0. The minimum atomic E-state index is -0.824. The number of aliphatic carboxylic acids is 1. The van der Waals surface area contributed by atoms with Gasteiger partial charge in [0.1, 0.15) is 0 Å². The second-order valence-electron chi connectivity index (χ2n) is 4.11. The van der Waals surface area contributed by atoms with Crippen LogP contribution in [0.25, 0.3) is 0 Å². The van der Waals surface area contributed by atoms with Crippen LogP contribution in [0.15, 0.2) is 0 Å². The van der Waals surface area contributed by atoms with Crippen molar-refractivity contribution in [2.45, 2.75) is 26.2 Å². The monoisotopic (exact) mass is 214 g/mol. The molecule has 5 nitrogen and oxygen atoms in total. The molecule has 1 rings (SSSR count). The maximum Gasteiger partial charge on any atom is 0.314 e. The fourth-order valence-corrected chi connectivity index (χ4v) is 1.15. The van der Waals surface area contributed by atoms with Gasteiger partial charge in [0, 0.05) is 13.1 Å². The van der Waals surface area contributed by atoms with Gasteiger partial charge in [-0.05, 0) is 25.2 Å². The average Bonchev–Trinajstić information content (AvgIpc) is 2.97. The largest absolute Gasteiger partial charge is 0.481 e. The SMILES string of the molecule is CC(CCNC(=O)NCC1CC1)C(=O)O. The molecular formula is C10H18N2O3. The summed E-state index contributed by atoms with van der Waals surface area (Å²) in [4.78, 5) is 21.6. The number of urea groups is 1. The Hall–Kier alpha value is -1.26. The first kappa shape index (κ1) is 11.8. The Bertz CT molecular complexity index is 239. The Morgan fingerprint density at radius 2 is 2.07 bits per heavy atom. The Labute approximate surface area is 89.2 Å². The van der Waals surface area contributed by atoms with Crippen LogP contribution in [0.3, 0.4) is 0 Å². The molecule has 15 heavy (non-hydrogen) atoms. The van der Waals surface area contributed by atoms with Crippen molar-refractivity contribution in [3.05, 3.63) is 0 Å².